The van der Waals surface area contributed by atoms with Gasteiger partial charge in [-0.15, -0.1) is 0 Å². The first-order valence-corrected chi connectivity index (χ1v) is 6.25. The molecule has 1 aliphatic rings. The number of nitrogens with two attached hydrogens (primary N) is 2. The van der Waals surface area contributed by atoms with Gasteiger partial charge < -0.3 is 21.5 Å². The first-order chi connectivity index (χ1) is 8.50. The van der Waals surface area contributed by atoms with Crippen LogP contribution in [0, 0.1) is 11.7 Å². The molecule has 0 amide bonds. The van der Waals surface area contributed by atoms with Gasteiger partial charge >= 0.3 is 0 Å². The van der Waals surface area contributed by atoms with E-state index in [1.807, 2.05) is 6.92 Å². The molecule has 0 aromatic heterocycles. The molecule has 1 aromatic rings. The second-order valence-corrected chi connectivity index (χ2v) is 5.03. The molecule has 4 nitrogen and oxygen atoms in total. The molecule has 100 valence electrons. The Morgan fingerprint density at radius 3 is 2.83 bits per heavy atom. The number of halogens is 2. The predicted molar refractivity (Wildman–Crippen MR) is 72.2 cm³/mol. The molecule has 2 atom stereocenters. The van der Waals surface area contributed by atoms with Crippen molar-refractivity contribution >= 4 is 28.7 Å². The Labute approximate surface area is 110 Å². The van der Waals surface area contributed by atoms with Crippen LogP contribution in [0.3, 0.4) is 0 Å². The smallest absolute Gasteiger partial charge is 0.169 e. The van der Waals surface area contributed by atoms with Crippen molar-refractivity contribution in [2.75, 3.05) is 30.0 Å². The van der Waals surface area contributed by atoms with E-state index >= 15 is 0 Å². The maximum absolute atomic E-state index is 14.0. The maximum atomic E-state index is 14.0. The molecule has 0 aliphatic carbocycles. The molecule has 1 heterocycles. The summed E-state index contributed by atoms with van der Waals surface area (Å²) < 4.78 is 19.4. The lowest BCUT2D eigenvalue weighted by Gasteiger charge is -2.31. The van der Waals surface area contributed by atoms with E-state index in [0.29, 0.717) is 13.2 Å². The molecule has 1 saturated heterocycles. The highest BCUT2D eigenvalue weighted by Crippen LogP contribution is 2.35. The zero-order valence-corrected chi connectivity index (χ0v) is 10.9. The molecule has 1 aromatic carbocycles. The minimum absolute atomic E-state index is 0.0913. The van der Waals surface area contributed by atoms with Crippen LogP contribution in [0.1, 0.15) is 13.3 Å². The molecule has 0 bridgehead atoms. The van der Waals surface area contributed by atoms with E-state index in [-0.39, 0.29) is 34.0 Å². The molecule has 0 spiro atoms. The SMILES string of the molecule is CC1COCCC1Nc1c(N)cc(N)c(Cl)c1F. The largest absolute Gasteiger partial charge is 0.397 e. The van der Waals surface area contributed by atoms with Gasteiger partial charge in [-0.05, 0) is 18.4 Å². The summed E-state index contributed by atoms with van der Waals surface area (Å²) in [4.78, 5) is 0. The number of benzene rings is 1. The van der Waals surface area contributed by atoms with Crippen molar-refractivity contribution in [3.63, 3.8) is 0 Å². The summed E-state index contributed by atoms with van der Waals surface area (Å²) in [6.07, 6.45) is 0.808. The van der Waals surface area contributed by atoms with Gasteiger partial charge in [0.2, 0.25) is 0 Å². The van der Waals surface area contributed by atoms with E-state index < -0.39 is 5.82 Å². The summed E-state index contributed by atoms with van der Waals surface area (Å²) >= 11 is 5.79. The number of anilines is 3. The van der Waals surface area contributed by atoms with Gasteiger partial charge in [0.25, 0.3) is 0 Å². The van der Waals surface area contributed by atoms with Crippen LogP contribution < -0.4 is 16.8 Å². The Kier molecular flexibility index (Phi) is 3.82. The number of ether oxygens (including phenoxy) is 1. The minimum Gasteiger partial charge on any atom is -0.397 e. The fourth-order valence-corrected chi connectivity index (χ4v) is 2.24. The Morgan fingerprint density at radius 1 is 1.44 bits per heavy atom. The average Bonchev–Trinajstić information content (AvgIpc) is 2.34. The first-order valence-electron chi connectivity index (χ1n) is 5.88. The van der Waals surface area contributed by atoms with Crippen LogP contribution in [-0.4, -0.2) is 19.3 Å². The second-order valence-electron chi connectivity index (χ2n) is 4.65. The van der Waals surface area contributed by atoms with Crippen LogP contribution >= 0.6 is 11.6 Å². The zero-order valence-electron chi connectivity index (χ0n) is 10.2. The van der Waals surface area contributed by atoms with Crippen LogP contribution in [0.5, 0.6) is 0 Å². The number of hydrogen-bond acceptors (Lipinski definition) is 4. The van der Waals surface area contributed by atoms with Crippen LogP contribution in [0.2, 0.25) is 5.02 Å². The Balaban J connectivity index is 2.26. The van der Waals surface area contributed by atoms with Crippen molar-refractivity contribution in [2.24, 2.45) is 5.92 Å². The van der Waals surface area contributed by atoms with Gasteiger partial charge in [0.05, 0.1) is 23.7 Å². The van der Waals surface area contributed by atoms with E-state index in [9.17, 15) is 4.39 Å². The van der Waals surface area contributed by atoms with Gasteiger partial charge in [-0.1, -0.05) is 18.5 Å². The number of hydrogen-bond donors (Lipinski definition) is 3. The highest BCUT2D eigenvalue weighted by molar-refractivity contribution is 6.33. The molecule has 1 fully saturated rings. The fourth-order valence-electron chi connectivity index (χ4n) is 2.09. The van der Waals surface area contributed by atoms with E-state index in [0.717, 1.165) is 6.42 Å². The van der Waals surface area contributed by atoms with Gasteiger partial charge in [0.15, 0.2) is 5.82 Å². The number of rotatable bonds is 2. The van der Waals surface area contributed by atoms with Crippen molar-refractivity contribution in [3.05, 3.63) is 16.9 Å². The highest BCUT2D eigenvalue weighted by atomic mass is 35.5. The standard InChI is InChI=1S/C12H17ClFN3O/c1-6-5-18-3-2-9(6)17-12-8(16)4-7(15)10(13)11(12)14/h4,6,9,17H,2-3,5,15-16H2,1H3. The molecular weight excluding hydrogens is 257 g/mol. The molecule has 2 unspecified atom stereocenters. The zero-order chi connectivity index (χ0) is 13.3. The highest BCUT2D eigenvalue weighted by Gasteiger charge is 2.24. The Bertz CT molecular complexity index is 455. The van der Waals surface area contributed by atoms with Crippen LogP contribution in [-0.2, 0) is 4.74 Å². The molecule has 5 N–H and O–H groups in total. The van der Waals surface area contributed by atoms with E-state index in [2.05, 4.69) is 5.32 Å². The summed E-state index contributed by atoms with van der Waals surface area (Å²) in [6.45, 7) is 3.36. The lowest BCUT2D eigenvalue weighted by molar-refractivity contribution is 0.0537. The lowest BCUT2D eigenvalue weighted by Crippen LogP contribution is -2.36. The summed E-state index contributed by atoms with van der Waals surface area (Å²) in [5, 5.41) is 3.02. The molecule has 0 radical (unpaired) electrons. The Hall–Kier alpha value is -1.20. The molecule has 6 heteroatoms. The van der Waals surface area contributed by atoms with Crippen molar-refractivity contribution in [1.29, 1.82) is 0 Å². The summed E-state index contributed by atoms with van der Waals surface area (Å²) in [7, 11) is 0. The third kappa shape index (κ3) is 2.47. The molecular formula is C12H17ClFN3O. The van der Waals surface area contributed by atoms with Gasteiger partial charge in [-0.25, -0.2) is 4.39 Å². The van der Waals surface area contributed by atoms with E-state index in [4.69, 9.17) is 27.8 Å². The van der Waals surface area contributed by atoms with E-state index in [1.54, 1.807) is 0 Å². The topological polar surface area (TPSA) is 73.3 Å². The molecule has 1 aliphatic heterocycles. The summed E-state index contributed by atoms with van der Waals surface area (Å²) in [5.41, 5.74) is 12.0. The average molecular weight is 274 g/mol. The maximum Gasteiger partial charge on any atom is 0.169 e. The van der Waals surface area contributed by atoms with Gasteiger partial charge in [0, 0.05) is 12.6 Å². The first kappa shape index (κ1) is 13.2. The van der Waals surface area contributed by atoms with E-state index in [1.165, 1.54) is 6.07 Å². The van der Waals surface area contributed by atoms with Crippen molar-refractivity contribution in [1.82, 2.24) is 0 Å². The van der Waals surface area contributed by atoms with Gasteiger partial charge in [-0.2, -0.15) is 0 Å². The monoisotopic (exact) mass is 273 g/mol. The molecule has 0 saturated carbocycles. The van der Waals surface area contributed by atoms with Gasteiger partial charge in [0.1, 0.15) is 5.02 Å². The van der Waals surface area contributed by atoms with Crippen molar-refractivity contribution < 1.29 is 9.13 Å². The van der Waals surface area contributed by atoms with Gasteiger partial charge in [-0.3, -0.25) is 0 Å². The third-order valence-corrected chi connectivity index (χ3v) is 3.62. The second kappa shape index (κ2) is 5.20. The predicted octanol–water partition coefficient (Wildman–Crippen LogP) is 2.48. The summed E-state index contributed by atoms with van der Waals surface area (Å²) in [6, 6.07) is 1.59. The normalized spacial score (nSPS) is 23.9. The third-order valence-electron chi connectivity index (χ3n) is 3.24. The number of nitrogen functional groups attached to an aromatic ring is 2. The van der Waals surface area contributed by atoms with Crippen molar-refractivity contribution in [2.45, 2.75) is 19.4 Å². The van der Waals surface area contributed by atoms with Crippen LogP contribution in [0.15, 0.2) is 6.07 Å². The fraction of sp³-hybridized carbons (Fsp3) is 0.500. The Morgan fingerprint density at radius 2 is 2.17 bits per heavy atom. The summed E-state index contributed by atoms with van der Waals surface area (Å²) in [5.74, 6) is -0.304. The molecule has 18 heavy (non-hydrogen) atoms. The van der Waals surface area contributed by atoms with Crippen LogP contribution in [0.25, 0.3) is 0 Å². The number of nitrogens with one attached hydrogen (secondary N) is 1. The lowest BCUT2D eigenvalue weighted by atomic mass is 9.97. The van der Waals surface area contributed by atoms with Crippen LogP contribution in [0.4, 0.5) is 21.5 Å². The minimum atomic E-state index is -0.590. The van der Waals surface area contributed by atoms with Crippen molar-refractivity contribution in [3.8, 4) is 0 Å². The quantitative estimate of drug-likeness (QED) is 0.724. The molecule has 2 rings (SSSR count).